The number of hydrogen-bond acceptors (Lipinski definition) is 3. The summed E-state index contributed by atoms with van der Waals surface area (Å²) in [7, 11) is 0. The van der Waals surface area contributed by atoms with Crippen molar-refractivity contribution in [2.24, 2.45) is 5.41 Å². The third-order valence-corrected chi connectivity index (χ3v) is 3.14. The first kappa shape index (κ1) is 11.6. The molecule has 4 nitrogen and oxygen atoms in total. The fourth-order valence-corrected chi connectivity index (χ4v) is 2.32. The van der Waals surface area contributed by atoms with Gasteiger partial charge in [0.2, 0.25) is 0 Å². The van der Waals surface area contributed by atoms with E-state index in [0.717, 1.165) is 37.6 Å². The largest absolute Gasteiger partial charge is 0.312 e. The molecule has 0 saturated carbocycles. The predicted molar refractivity (Wildman–Crippen MR) is 64.2 cm³/mol. The molecule has 1 N–H and O–H groups in total. The van der Waals surface area contributed by atoms with Gasteiger partial charge in [-0.3, -0.25) is 0 Å². The number of hydrogen-bond donors (Lipinski definition) is 1. The van der Waals surface area contributed by atoms with Crippen LogP contribution in [0.15, 0.2) is 0 Å². The molecule has 0 saturated heterocycles. The van der Waals surface area contributed by atoms with Crippen molar-refractivity contribution in [3.05, 3.63) is 11.6 Å². The first-order valence-corrected chi connectivity index (χ1v) is 6.19. The van der Waals surface area contributed by atoms with Gasteiger partial charge in [0, 0.05) is 19.5 Å². The Balaban J connectivity index is 2.33. The zero-order chi connectivity index (χ0) is 11.8. The minimum Gasteiger partial charge on any atom is -0.312 e. The van der Waals surface area contributed by atoms with E-state index >= 15 is 0 Å². The number of aryl methyl sites for hydroxylation is 1. The van der Waals surface area contributed by atoms with Gasteiger partial charge in [-0.2, -0.15) is 0 Å². The molecule has 0 aliphatic carbocycles. The Morgan fingerprint density at radius 1 is 1.38 bits per heavy atom. The zero-order valence-corrected chi connectivity index (χ0v) is 10.7. The Morgan fingerprint density at radius 2 is 2.12 bits per heavy atom. The second-order valence-electron chi connectivity index (χ2n) is 5.63. The molecule has 0 spiro atoms. The van der Waals surface area contributed by atoms with Crippen LogP contribution < -0.4 is 5.32 Å². The van der Waals surface area contributed by atoms with Gasteiger partial charge in [-0.25, -0.2) is 0 Å². The lowest BCUT2D eigenvalue weighted by Gasteiger charge is -2.34. The summed E-state index contributed by atoms with van der Waals surface area (Å²) in [6.07, 6.45) is 2.16. The van der Waals surface area contributed by atoms with Crippen LogP contribution in [0.3, 0.4) is 0 Å². The van der Waals surface area contributed by atoms with Gasteiger partial charge in [0.25, 0.3) is 0 Å². The number of fused-ring (bicyclic) bond motifs is 1. The highest BCUT2D eigenvalue weighted by atomic mass is 15.3. The van der Waals surface area contributed by atoms with Crippen LogP contribution >= 0.6 is 0 Å². The van der Waals surface area contributed by atoms with E-state index in [1.54, 1.807) is 0 Å². The highest BCUT2D eigenvalue weighted by Gasteiger charge is 2.33. The van der Waals surface area contributed by atoms with Crippen molar-refractivity contribution >= 4 is 0 Å². The van der Waals surface area contributed by atoms with Crippen LogP contribution in [0.25, 0.3) is 0 Å². The quantitative estimate of drug-likeness (QED) is 0.831. The molecule has 1 aliphatic rings. The molecular weight excluding hydrogens is 200 g/mol. The maximum atomic E-state index is 4.37. The normalized spacial score (nSPS) is 20.9. The monoisotopic (exact) mass is 222 g/mol. The minimum absolute atomic E-state index is 0.189. The van der Waals surface area contributed by atoms with Crippen molar-refractivity contribution in [2.45, 2.75) is 53.1 Å². The lowest BCUT2D eigenvalue weighted by Crippen LogP contribution is -2.41. The standard InChI is InChI=1S/C12H22N4/c1-5-6-9-14-15-11-10(12(2,3)4)13-7-8-16(9)11/h10,13H,5-8H2,1-4H3. The summed E-state index contributed by atoms with van der Waals surface area (Å²) in [6.45, 7) is 10.9. The minimum atomic E-state index is 0.189. The van der Waals surface area contributed by atoms with Gasteiger partial charge in [0.15, 0.2) is 5.82 Å². The molecule has 1 unspecified atom stereocenters. The molecule has 1 atom stereocenters. The van der Waals surface area contributed by atoms with E-state index in [1.165, 1.54) is 0 Å². The molecule has 0 aromatic carbocycles. The maximum Gasteiger partial charge on any atom is 0.150 e. The molecule has 1 aromatic rings. The second kappa shape index (κ2) is 4.17. The summed E-state index contributed by atoms with van der Waals surface area (Å²) in [5.41, 5.74) is 0.189. The van der Waals surface area contributed by atoms with Crippen molar-refractivity contribution in [1.29, 1.82) is 0 Å². The van der Waals surface area contributed by atoms with E-state index in [9.17, 15) is 0 Å². The van der Waals surface area contributed by atoms with Gasteiger partial charge in [-0.05, 0) is 11.8 Å². The van der Waals surface area contributed by atoms with Crippen LogP contribution in [-0.4, -0.2) is 21.3 Å². The van der Waals surface area contributed by atoms with Gasteiger partial charge in [0.1, 0.15) is 5.82 Å². The van der Waals surface area contributed by atoms with Crippen molar-refractivity contribution < 1.29 is 0 Å². The van der Waals surface area contributed by atoms with Crippen LogP contribution in [0.2, 0.25) is 0 Å². The SMILES string of the molecule is CCCc1nnc2n1CCNC2C(C)(C)C. The molecule has 1 aromatic heterocycles. The molecule has 2 rings (SSSR count). The summed E-state index contributed by atoms with van der Waals surface area (Å²) in [6, 6.07) is 0.319. The summed E-state index contributed by atoms with van der Waals surface area (Å²) in [4.78, 5) is 0. The van der Waals surface area contributed by atoms with E-state index < -0.39 is 0 Å². The number of nitrogens with zero attached hydrogens (tertiary/aromatic N) is 3. The summed E-state index contributed by atoms with van der Waals surface area (Å²) >= 11 is 0. The predicted octanol–water partition coefficient (Wildman–Crippen LogP) is 1.92. The molecule has 0 amide bonds. The average molecular weight is 222 g/mol. The Morgan fingerprint density at radius 3 is 2.75 bits per heavy atom. The first-order chi connectivity index (χ1) is 7.54. The van der Waals surface area contributed by atoms with Crippen LogP contribution in [0.4, 0.5) is 0 Å². The third-order valence-electron chi connectivity index (χ3n) is 3.14. The number of rotatable bonds is 2. The number of aromatic nitrogens is 3. The van der Waals surface area contributed by atoms with E-state index in [2.05, 4.69) is 47.8 Å². The smallest absolute Gasteiger partial charge is 0.150 e. The Labute approximate surface area is 97.5 Å². The van der Waals surface area contributed by atoms with Gasteiger partial charge in [-0.15, -0.1) is 10.2 Å². The topological polar surface area (TPSA) is 42.7 Å². The molecule has 0 radical (unpaired) electrons. The average Bonchev–Trinajstić information content (AvgIpc) is 2.61. The van der Waals surface area contributed by atoms with E-state index in [4.69, 9.17) is 0 Å². The van der Waals surface area contributed by atoms with Crippen molar-refractivity contribution in [3.8, 4) is 0 Å². The second-order valence-corrected chi connectivity index (χ2v) is 5.63. The molecular formula is C12H22N4. The Kier molecular flexibility index (Phi) is 3.02. The fourth-order valence-electron chi connectivity index (χ4n) is 2.32. The molecule has 1 aliphatic heterocycles. The lowest BCUT2D eigenvalue weighted by molar-refractivity contribution is 0.232. The maximum absolute atomic E-state index is 4.37. The molecule has 4 heteroatoms. The third kappa shape index (κ3) is 1.98. The van der Waals surface area contributed by atoms with Gasteiger partial charge in [-0.1, -0.05) is 27.7 Å². The highest BCUT2D eigenvalue weighted by molar-refractivity contribution is 5.07. The molecule has 0 fully saturated rings. The van der Waals surface area contributed by atoms with Gasteiger partial charge in [0.05, 0.1) is 6.04 Å². The van der Waals surface area contributed by atoms with Crippen molar-refractivity contribution in [1.82, 2.24) is 20.1 Å². The van der Waals surface area contributed by atoms with E-state index in [1.807, 2.05) is 0 Å². The van der Waals surface area contributed by atoms with Crippen molar-refractivity contribution in [3.63, 3.8) is 0 Å². The number of nitrogens with one attached hydrogen (secondary N) is 1. The summed E-state index contributed by atoms with van der Waals surface area (Å²) in [5.74, 6) is 2.26. The Hall–Kier alpha value is -0.900. The van der Waals surface area contributed by atoms with Gasteiger partial charge >= 0.3 is 0 Å². The summed E-state index contributed by atoms with van der Waals surface area (Å²) < 4.78 is 2.30. The van der Waals surface area contributed by atoms with Crippen LogP contribution in [-0.2, 0) is 13.0 Å². The van der Waals surface area contributed by atoms with Crippen LogP contribution in [0.1, 0.15) is 51.8 Å². The van der Waals surface area contributed by atoms with E-state index in [0.29, 0.717) is 6.04 Å². The van der Waals surface area contributed by atoms with Gasteiger partial charge < -0.3 is 9.88 Å². The van der Waals surface area contributed by atoms with E-state index in [-0.39, 0.29) is 5.41 Å². The van der Waals surface area contributed by atoms with Crippen molar-refractivity contribution in [2.75, 3.05) is 6.54 Å². The van der Waals surface area contributed by atoms with Crippen LogP contribution in [0.5, 0.6) is 0 Å². The molecule has 16 heavy (non-hydrogen) atoms. The molecule has 0 bridgehead atoms. The lowest BCUT2D eigenvalue weighted by atomic mass is 9.85. The van der Waals surface area contributed by atoms with Crippen LogP contribution in [0, 0.1) is 5.41 Å². The first-order valence-electron chi connectivity index (χ1n) is 6.19. The molecule has 2 heterocycles. The highest BCUT2D eigenvalue weighted by Crippen LogP contribution is 2.33. The summed E-state index contributed by atoms with van der Waals surface area (Å²) in [5, 5.41) is 12.2. The fraction of sp³-hybridized carbons (Fsp3) is 0.833. The molecule has 90 valence electrons. The Bertz CT molecular complexity index is 362. The zero-order valence-electron chi connectivity index (χ0n) is 10.7.